The quantitative estimate of drug-likeness (QED) is 0.392. The molecule has 3 amide bonds. The summed E-state index contributed by atoms with van der Waals surface area (Å²) in [4.78, 5) is 43.5. The van der Waals surface area contributed by atoms with Crippen LogP contribution in [0, 0.1) is 0 Å². The van der Waals surface area contributed by atoms with Crippen molar-refractivity contribution in [3.63, 3.8) is 0 Å². The molecular formula is C10H17N3O6. The van der Waals surface area contributed by atoms with Crippen molar-refractivity contribution in [2.75, 3.05) is 6.54 Å². The molecule has 0 bridgehead atoms. The van der Waals surface area contributed by atoms with Gasteiger partial charge in [0.15, 0.2) is 0 Å². The van der Waals surface area contributed by atoms with Crippen molar-refractivity contribution in [1.29, 1.82) is 0 Å². The van der Waals surface area contributed by atoms with Crippen LogP contribution in [0.5, 0.6) is 0 Å². The smallest absolute Gasteiger partial charge is 0.326 e. The SMILES string of the molecule is CC(C)NC(=O)CNC(=O)N[C@H](CC(=O)O)C(=O)O. The first kappa shape index (κ1) is 16.7. The molecule has 0 fully saturated rings. The second-order valence-electron chi connectivity index (χ2n) is 4.04. The fourth-order valence-electron chi connectivity index (χ4n) is 1.12. The molecule has 19 heavy (non-hydrogen) atoms. The Kier molecular flexibility index (Phi) is 6.94. The van der Waals surface area contributed by atoms with Crippen LogP contribution in [0.4, 0.5) is 4.79 Å². The maximum Gasteiger partial charge on any atom is 0.326 e. The van der Waals surface area contributed by atoms with Crippen LogP contribution in [0.3, 0.4) is 0 Å². The van der Waals surface area contributed by atoms with Crippen molar-refractivity contribution in [3.05, 3.63) is 0 Å². The van der Waals surface area contributed by atoms with E-state index in [9.17, 15) is 19.2 Å². The molecular weight excluding hydrogens is 258 g/mol. The number of nitrogens with one attached hydrogen (secondary N) is 3. The zero-order chi connectivity index (χ0) is 15.0. The van der Waals surface area contributed by atoms with Gasteiger partial charge in [-0.15, -0.1) is 0 Å². The van der Waals surface area contributed by atoms with Crippen molar-refractivity contribution in [2.24, 2.45) is 0 Å². The molecule has 0 rings (SSSR count). The van der Waals surface area contributed by atoms with Crippen molar-refractivity contribution in [2.45, 2.75) is 32.4 Å². The topological polar surface area (TPSA) is 145 Å². The average molecular weight is 275 g/mol. The lowest BCUT2D eigenvalue weighted by atomic mass is 10.2. The monoisotopic (exact) mass is 275 g/mol. The summed E-state index contributed by atoms with van der Waals surface area (Å²) >= 11 is 0. The first-order valence-corrected chi connectivity index (χ1v) is 5.50. The summed E-state index contributed by atoms with van der Waals surface area (Å²) < 4.78 is 0. The summed E-state index contributed by atoms with van der Waals surface area (Å²) in [5.74, 6) is -3.26. The number of carboxylic acid groups (broad SMARTS) is 2. The Morgan fingerprint density at radius 3 is 2.05 bits per heavy atom. The van der Waals surface area contributed by atoms with Gasteiger partial charge in [0.25, 0.3) is 0 Å². The lowest BCUT2D eigenvalue weighted by Gasteiger charge is -2.13. The zero-order valence-corrected chi connectivity index (χ0v) is 10.6. The number of amides is 3. The molecule has 0 spiro atoms. The van der Waals surface area contributed by atoms with Crippen LogP contribution in [0.15, 0.2) is 0 Å². The maximum absolute atomic E-state index is 11.3. The minimum atomic E-state index is -1.55. The molecule has 0 aromatic carbocycles. The van der Waals surface area contributed by atoms with Gasteiger partial charge in [0.2, 0.25) is 5.91 Å². The number of urea groups is 1. The number of carbonyl (C=O) groups is 4. The Balaban J connectivity index is 4.17. The van der Waals surface area contributed by atoms with Gasteiger partial charge in [-0.25, -0.2) is 9.59 Å². The third-order valence-electron chi connectivity index (χ3n) is 1.84. The molecule has 9 nitrogen and oxygen atoms in total. The van der Waals surface area contributed by atoms with Gasteiger partial charge >= 0.3 is 18.0 Å². The van der Waals surface area contributed by atoms with Gasteiger partial charge in [-0.05, 0) is 13.8 Å². The molecule has 0 radical (unpaired) electrons. The van der Waals surface area contributed by atoms with Crippen LogP contribution in [0.2, 0.25) is 0 Å². The number of rotatable bonds is 7. The standard InChI is InChI=1S/C10H17N3O6/c1-5(2)12-7(14)4-11-10(19)13-6(9(17)18)3-8(15)16/h5-6H,3-4H2,1-2H3,(H,12,14)(H,15,16)(H,17,18)(H2,11,13,19)/t6-/m1/s1. The highest BCUT2D eigenvalue weighted by Gasteiger charge is 2.23. The molecule has 0 unspecified atom stereocenters. The van der Waals surface area contributed by atoms with E-state index in [2.05, 4.69) is 10.6 Å². The van der Waals surface area contributed by atoms with Crippen LogP contribution in [-0.4, -0.2) is 52.7 Å². The molecule has 0 saturated heterocycles. The normalized spacial score (nSPS) is 11.5. The van der Waals surface area contributed by atoms with E-state index in [0.29, 0.717) is 0 Å². The van der Waals surface area contributed by atoms with E-state index in [1.54, 1.807) is 13.8 Å². The van der Waals surface area contributed by atoms with Crippen LogP contribution >= 0.6 is 0 Å². The van der Waals surface area contributed by atoms with E-state index in [1.807, 2.05) is 5.32 Å². The average Bonchev–Trinajstić information content (AvgIpc) is 2.23. The molecule has 0 aliphatic carbocycles. The summed E-state index contributed by atoms with van der Waals surface area (Å²) in [6.45, 7) is 3.15. The summed E-state index contributed by atoms with van der Waals surface area (Å²) in [5.41, 5.74) is 0. The largest absolute Gasteiger partial charge is 0.481 e. The molecule has 1 atom stereocenters. The van der Waals surface area contributed by atoms with E-state index in [0.717, 1.165) is 0 Å². The number of hydrogen-bond donors (Lipinski definition) is 5. The number of carboxylic acids is 2. The fourth-order valence-corrected chi connectivity index (χ4v) is 1.12. The number of carbonyl (C=O) groups excluding carboxylic acids is 2. The van der Waals surface area contributed by atoms with Crippen molar-refractivity contribution in [3.8, 4) is 0 Å². The third-order valence-corrected chi connectivity index (χ3v) is 1.84. The van der Waals surface area contributed by atoms with E-state index in [-0.39, 0.29) is 12.6 Å². The first-order chi connectivity index (χ1) is 8.72. The molecule has 0 aromatic rings. The summed E-state index contributed by atoms with van der Waals surface area (Å²) in [6, 6.07) is -2.56. The van der Waals surface area contributed by atoms with Gasteiger partial charge in [-0.3, -0.25) is 9.59 Å². The Morgan fingerprint density at radius 2 is 1.63 bits per heavy atom. The van der Waals surface area contributed by atoms with Crippen LogP contribution in [0.25, 0.3) is 0 Å². The van der Waals surface area contributed by atoms with E-state index < -0.39 is 36.3 Å². The molecule has 0 heterocycles. The van der Waals surface area contributed by atoms with Crippen molar-refractivity contribution < 1.29 is 29.4 Å². The summed E-state index contributed by atoms with van der Waals surface area (Å²) in [5, 5.41) is 23.7. The Labute approximate surface area is 109 Å². The van der Waals surface area contributed by atoms with Gasteiger partial charge in [-0.1, -0.05) is 0 Å². The third kappa shape index (κ3) is 8.41. The minimum absolute atomic E-state index is 0.0869. The Bertz CT molecular complexity index is 368. The fraction of sp³-hybridized carbons (Fsp3) is 0.600. The predicted octanol–water partition coefficient (Wildman–Crippen LogP) is -1.26. The molecule has 108 valence electrons. The summed E-state index contributed by atoms with van der Waals surface area (Å²) in [7, 11) is 0. The van der Waals surface area contributed by atoms with Gasteiger partial charge in [0, 0.05) is 6.04 Å². The summed E-state index contributed by atoms with van der Waals surface area (Å²) in [6.07, 6.45) is -0.749. The second-order valence-corrected chi connectivity index (χ2v) is 4.04. The van der Waals surface area contributed by atoms with Crippen LogP contribution < -0.4 is 16.0 Å². The molecule has 0 aromatic heterocycles. The van der Waals surface area contributed by atoms with Crippen LogP contribution in [0.1, 0.15) is 20.3 Å². The maximum atomic E-state index is 11.3. The molecule has 0 aliphatic rings. The zero-order valence-electron chi connectivity index (χ0n) is 10.6. The number of hydrogen-bond acceptors (Lipinski definition) is 4. The van der Waals surface area contributed by atoms with E-state index >= 15 is 0 Å². The van der Waals surface area contributed by atoms with Gasteiger partial charge in [0.05, 0.1) is 13.0 Å². The predicted molar refractivity (Wildman–Crippen MR) is 63.5 cm³/mol. The Morgan fingerprint density at radius 1 is 1.05 bits per heavy atom. The van der Waals surface area contributed by atoms with Gasteiger partial charge in [0.1, 0.15) is 6.04 Å². The van der Waals surface area contributed by atoms with Crippen LogP contribution in [-0.2, 0) is 14.4 Å². The molecule has 9 heteroatoms. The van der Waals surface area contributed by atoms with E-state index in [1.165, 1.54) is 0 Å². The molecule has 5 N–H and O–H groups in total. The second kappa shape index (κ2) is 7.90. The first-order valence-electron chi connectivity index (χ1n) is 5.50. The lowest BCUT2D eigenvalue weighted by Crippen LogP contribution is -2.49. The highest BCUT2D eigenvalue weighted by molar-refractivity contribution is 5.88. The highest BCUT2D eigenvalue weighted by Crippen LogP contribution is 1.92. The van der Waals surface area contributed by atoms with Gasteiger partial charge in [-0.2, -0.15) is 0 Å². The van der Waals surface area contributed by atoms with E-state index in [4.69, 9.17) is 10.2 Å². The minimum Gasteiger partial charge on any atom is -0.481 e. The molecule has 0 aliphatic heterocycles. The number of aliphatic carboxylic acids is 2. The van der Waals surface area contributed by atoms with Crippen molar-refractivity contribution in [1.82, 2.24) is 16.0 Å². The van der Waals surface area contributed by atoms with Crippen molar-refractivity contribution >= 4 is 23.9 Å². The van der Waals surface area contributed by atoms with Gasteiger partial charge < -0.3 is 26.2 Å². The highest BCUT2D eigenvalue weighted by atomic mass is 16.4. The Hall–Kier alpha value is -2.32. The molecule has 0 saturated carbocycles. The lowest BCUT2D eigenvalue weighted by molar-refractivity contribution is -0.145.